The SMILES string of the molecule is COCCCS(=O)(=O)Nc1nc(CC(=O)OC)cs1. The molecule has 0 radical (unpaired) electrons. The van der Waals surface area contributed by atoms with Crippen molar-refractivity contribution in [3.63, 3.8) is 0 Å². The van der Waals surface area contributed by atoms with Crippen molar-refractivity contribution in [2.45, 2.75) is 12.8 Å². The van der Waals surface area contributed by atoms with Crippen LogP contribution in [0.25, 0.3) is 0 Å². The quantitative estimate of drug-likeness (QED) is 0.559. The maximum Gasteiger partial charge on any atom is 0.311 e. The number of nitrogens with one attached hydrogen (secondary N) is 1. The molecule has 0 spiro atoms. The van der Waals surface area contributed by atoms with Crippen LogP contribution in [0.1, 0.15) is 12.1 Å². The monoisotopic (exact) mass is 308 g/mol. The fourth-order valence-corrected chi connectivity index (χ4v) is 3.27. The zero-order chi connectivity index (χ0) is 14.3. The minimum Gasteiger partial charge on any atom is -0.469 e. The number of hydrogen-bond acceptors (Lipinski definition) is 7. The molecule has 0 amide bonds. The Morgan fingerprint density at radius 1 is 1.47 bits per heavy atom. The molecule has 1 N–H and O–H groups in total. The van der Waals surface area contributed by atoms with Gasteiger partial charge in [-0.25, -0.2) is 13.4 Å². The third-order valence-electron chi connectivity index (χ3n) is 2.11. The van der Waals surface area contributed by atoms with Crippen molar-refractivity contribution in [2.24, 2.45) is 0 Å². The first kappa shape index (κ1) is 15.9. The maximum atomic E-state index is 11.7. The molecule has 19 heavy (non-hydrogen) atoms. The van der Waals surface area contributed by atoms with E-state index in [1.165, 1.54) is 14.2 Å². The van der Waals surface area contributed by atoms with Crippen LogP contribution >= 0.6 is 11.3 Å². The van der Waals surface area contributed by atoms with Crippen LogP contribution in [-0.4, -0.2) is 46.0 Å². The number of nitrogens with zero attached hydrogens (tertiary/aromatic N) is 1. The highest BCUT2D eigenvalue weighted by Gasteiger charge is 2.14. The van der Waals surface area contributed by atoms with Crippen LogP contribution < -0.4 is 4.72 Å². The number of anilines is 1. The van der Waals surface area contributed by atoms with E-state index in [2.05, 4.69) is 14.4 Å². The zero-order valence-corrected chi connectivity index (χ0v) is 12.3. The third kappa shape index (κ3) is 5.99. The van der Waals surface area contributed by atoms with Gasteiger partial charge in [-0.15, -0.1) is 11.3 Å². The second-order valence-corrected chi connectivity index (χ2v) is 6.36. The van der Waals surface area contributed by atoms with E-state index in [1.54, 1.807) is 5.38 Å². The first-order valence-electron chi connectivity index (χ1n) is 5.47. The van der Waals surface area contributed by atoms with Crippen molar-refractivity contribution < 1.29 is 22.7 Å². The molecule has 0 bridgehead atoms. The van der Waals surface area contributed by atoms with Crippen molar-refractivity contribution in [3.8, 4) is 0 Å². The minimum atomic E-state index is -3.43. The second kappa shape index (κ2) is 7.41. The lowest BCUT2D eigenvalue weighted by atomic mass is 10.3. The Hall–Kier alpha value is -1.19. The molecule has 0 saturated heterocycles. The molecule has 1 aromatic rings. The number of carbonyl (C=O) groups is 1. The first-order valence-corrected chi connectivity index (χ1v) is 8.00. The van der Waals surface area contributed by atoms with Crippen LogP contribution in [0, 0.1) is 0 Å². The van der Waals surface area contributed by atoms with Gasteiger partial charge in [-0.2, -0.15) is 0 Å². The van der Waals surface area contributed by atoms with Crippen molar-refractivity contribution in [1.29, 1.82) is 0 Å². The van der Waals surface area contributed by atoms with Gasteiger partial charge in [-0.05, 0) is 6.42 Å². The zero-order valence-electron chi connectivity index (χ0n) is 10.7. The highest BCUT2D eigenvalue weighted by atomic mass is 32.2. The Kier molecular flexibility index (Phi) is 6.19. The lowest BCUT2D eigenvalue weighted by Crippen LogP contribution is -2.17. The van der Waals surface area contributed by atoms with Crippen LogP contribution in [0.2, 0.25) is 0 Å². The number of esters is 1. The first-order chi connectivity index (χ1) is 8.96. The number of ether oxygens (including phenoxy) is 2. The van der Waals surface area contributed by atoms with Crippen LogP contribution in [0.15, 0.2) is 5.38 Å². The Labute approximate surface area is 116 Å². The van der Waals surface area contributed by atoms with E-state index in [-0.39, 0.29) is 17.3 Å². The topological polar surface area (TPSA) is 94.6 Å². The van der Waals surface area contributed by atoms with E-state index in [4.69, 9.17) is 4.74 Å². The number of thiazole rings is 1. The number of rotatable bonds is 8. The van der Waals surface area contributed by atoms with E-state index >= 15 is 0 Å². The average molecular weight is 308 g/mol. The molecule has 1 rings (SSSR count). The van der Waals surface area contributed by atoms with Crippen molar-refractivity contribution >= 4 is 32.5 Å². The third-order valence-corrected chi connectivity index (χ3v) is 4.38. The van der Waals surface area contributed by atoms with Crippen molar-refractivity contribution in [3.05, 3.63) is 11.1 Å². The van der Waals surface area contributed by atoms with Crippen molar-refractivity contribution in [1.82, 2.24) is 4.98 Å². The molecular weight excluding hydrogens is 292 g/mol. The lowest BCUT2D eigenvalue weighted by Gasteiger charge is -2.04. The largest absolute Gasteiger partial charge is 0.469 e. The van der Waals surface area contributed by atoms with Gasteiger partial charge in [0, 0.05) is 19.1 Å². The predicted octanol–water partition coefficient (Wildman–Crippen LogP) is 0.637. The molecule has 0 aromatic carbocycles. The van der Waals surface area contributed by atoms with Gasteiger partial charge < -0.3 is 9.47 Å². The fourth-order valence-electron chi connectivity index (χ4n) is 1.23. The standard InChI is InChI=1S/C10H16N2O5S2/c1-16-4-3-5-19(14,15)12-10-11-8(7-18-10)6-9(13)17-2/h7H,3-6H2,1-2H3,(H,11,12). The number of methoxy groups -OCH3 is 2. The van der Waals surface area contributed by atoms with Gasteiger partial charge in [-0.1, -0.05) is 0 Å². The molecule has 0 saturated carbocycles. The Morgan fingerprint density at radius 2 is 2.21 bits per heavy atom. The van der Waals surface area contributed by atoms with Gasteiger partial charge in [0.25, 0.3) is 0 Å². The molecule has 0 atom stereocenters. The molecule has 7 nitrogen and oxygen atoms in total. The molecule has 0 aliphatic heterocycles. The maximum absolute atomic E-state index is 11.7. The smallest absolute Gasteiger partial charge is 0.311 e. The number of carbonyl (C=O) groups excluding carboxylic acids is 1. The molecular formula is C10H16N2O5S2. The van der Waals surface area contributed by atoms with Gasteiger partial charge >= 0.3 is 5.97 Å². The minimum absolute atomic E-state index is 0.0262. The Balaban J connectivity index is 2.55. The summed E-state index contributed by atoms with van der Waals surface area (Å²) in [5.74, 6) is -0.452. The predicted molar refractivity (Wildman–Crippen MR) is 71.7 cm³/mol. The van der Waals surface area contributed by atoms with E-state index in [1.807, 2.05) is 0 Å². The summed E-state index contributed by atoms with van der Waals surface area (Å²) in [5.41, 5.74) is 0.478. The van der Waals surface area contributed by atoms with E-state index in [9.17, 15) is 13.2 Å². The van der Waals surface area contributed by atoms with Crippen molar-refractivity contribution in [2.75, 3.05) is 31.3 Å². The van der Waals surface area contributed by atoms with Gasteiger partial charge in [0.2, 0.25) is 10.0 Å². The summed E-state index contributed by atoms with van der Waals surface area (Å²) in [6.07, 6.45) is 0.435. The summed E-state index contributed by atoms with van der Waals surface area (Å²) in [5, 5.41) is 1.86. The molecule has 0 unspecified atom stereocenters. The van der Waals surface area contributed by atoms with Crippen LogP contribution in [0.4, 0.5) is 5.13 Å². The Morgan fingerprint density at radius 3 is 2.84 bits per heavy atom. The molecule has 0 fully saturated rings. The van der Waals surface area contributed by atoms with E-state index in [0.29, 0.717) is 18.7 Å². The number of aromatic nitrogens is 1. The molecule has 9 heteroatoms. The fraction of sp³-hybridized carbons (Fsp3) is 0.600. The second-order valence-electron chi connectivity index (χ2n) is 3.66. The van der Waals surface area contributed by atoms with Crippen LogP contribution in [0.3, 0.4) is 0 Å². The summed E-state index contributed by atoms with van der Waals surface area (Å²) in [7, 11) is -0.626. The summed E-state index contributed by atoms with van der Waals surface area (Å²) in [4.78, 5) is 15.0. The van der Waals surface area contributed by atoms with E-state index < -0.39 is 16.0 Å². The number of hydrogen-bond donors (Lipinski definition) is 1. The summed E-state index contributed by atoms with van der Waals surface area (Å²) < 4.78 is 35.0. The highest BCUT2D eigenvalue weighted by molar-refractivity contribution is 7.92. The molecule has 0 aliphatic carbocycles. The lowest BCUT2D eigenvalue weighted by molar-refractivity contribution is -0.139. The van der Waals surface area contributed by atoms with Crippen LogP contribution in [0.5, 0.6) is 0 Å². The molecule has 0 aliphatic rings. The molecule has 1 aromatic heterocycles. The van der Waals surface area contributed by atoms with Gasteiger partial charge in [0.1, 0.15) is 0 Å². The highest BCUT2D eigenvalue weighted by Crippen LogP contribution is 2.17. The Bertz CT molecular complexity index is 512. The van der Waals surface area contributed by atoms with E-state index in [0.717, 1.165) is 11.3 Å². The van der Waals surface area contributed by atoms with Crippen LogP contribution in [-0.2, 0) is 30.7 Å². The summed E-state index contributed by atoms with van der Waals surface area (Å²) in [6.45, 7) is 0.381. The summed E-state index contributed by atoms with van der Waals surface area (Å²) in [6, 6.07) is 0. The van der Waals surface area contributed by atoms with Gasteiger partial charge in [0.15, 0.2) is 5.13 Å². The number of sulfonamides is 1. The molecule has 1 heterocycles. The normalized spacial score (nSPS) is 11.3. The van der Waals surface area contributed by atoms with Gasteiger partial charge in [-0.3, -0.25) is 9.52 Å². The average Bonchev–Trinajstić information content (AvgIpc) is 2.75. The summed E-state index contributed by atoms with van der Waals surface area (Å²) >= 11 is 1.13. The molecule has 108 valence electrons. The van der Waals surface area contributed by atoms with Gasteiger partial charge in [0.05, 0.1) is 25.0 Å².